The van der Waals surface area contributed by atoms with E-state index >= 15 is 0 Å². The molecule has 0 unspecified atom stereocenters. The molecule has 0 aliphatic carbocycles. The summed E-state index contributed by atoms with van der Waals surface area (Å²) in [5, 5.41) is 0. The molecule has 0 saturated heterocycles. The van der Waals surface area contributed by atoms with E-state index in [2.05, 4.69) is 29.5 Å². The van der Waals surface area contributed by atoms with Crippen molar-refractivity contribution >= 4 is 28.2 Å². The van der Waals surface area contributed by atoms with Gasteiger partial charge in [-0.3, -0.25) is 0 Å². The second-order valence-corrected chi connectivity index (χ2v) is 4.65. The maximum absolute atomic E-state index is 5.59. The highest BCUT2D eigenvalue weighted by atomic mass is 32.1. The van der Waals surface area contributed by atoms with Gasteiger partial charge in [0.15, 0.2) is 0 Å². The summed E-state index contributed by atoms with van der Waals surface area (Å²) in [7, 11) is 0. The first-order chi connectivity index (χ1) is 7.59. The van der Waals surface area contributed by atoms with Crippen LogP contribution in [0, 0.1) is 0 Å². The Morgan fingerprint density at radius 3 is 2.75 bits per heavy atom. The van der Waals surface area contributed by atoms with Gasteiger partial charge in [-0.05, 0) is 26.0 Å². The van der Waals surface area contributed by atoms with Crippen LogP contribution in [0.1, 0.15) is 25.7 Å². The van der Waals surface area contributed by atoms with Crippen molar-refractivity contribution in [2.75, 3.05) is 0 Å². The number of hydrogen-bond donors (Lipinski definition) is 1. The molecule has 84 valence electrons. The third-order valence-electron chi connectivity index (χ3n) is 2.52. The molecule has 0 radical (unpaired) electrons. The third kappa shape index (κ3) is 1.93. The van der Waals surface area contributed by atoms with Gasteiger partial charge in [0.1, 0.15) is 5.82 Å². The topological polar surface area (TPSA) is 43.8 Å². The highest BCUT2D eigenvalue weighted by molar-refractivity contribution is 7.80. The summed E-state index contributed by atoms with van der Waals surface area (Å²) in [5.74, 6) is 0.948. The van der Waals surface area contributed by atoms with Crippen LogP contribution in [-0.4, -0.2) is 14.5 Å². The average Bonchev–Trinajstić information content (AvgIpc) is 2.53. The quantitative estimate of drug-likeness (QED) is 0.828. The molecule has 3 nitrogen and oxygen atoms in total. The van der Waals surface area contributed by atoms with E-state index in [0.717, 1.165) is 16.9 Å². The lowest BCUT2D eigenvalue weighted by molar-refractivity contribution is 0.595. The molecule has 0 aliphatic heterocycles. The summed E-state index contributed by atoms with van der Waals surface area (Å²) in [6, 6.07) is 8.46. The van der Waals surface area contributed by atoms with Gasteiger partial charge in [0.2, 0.25) is 0 Å². The van der Waals surface area contributed by atoms with E-state index in [1.165, 1.54) is 0 Å². The summed E-state index contributed by atoms with van der Waals surface area (Å²) in [6.07, 6.45) is 0.558. The van der Waals surface area contributed by atoms with Gasteiger partial charge in [0.05, 0.1) is 22.4 Å². The SMILES string of the molecule is CC(C)n1c(CC(N)=S)nc2ccccc21. The van der Waals surface area contributed by atoms with Gasteiger partial charge >= 0.3 is 0 Å². The van der Waals surface area contributed by atoms with Crippen molar-refractivity contribution in [1.82, 2.24) is 9.55 Å². The second-order valence-electron chi connectivity index (χ2n) is 4.12. The molecule has 0 bridgehead atoms. The first-order valence-electron chi connectivity index (χ1n) is 5.33. The van der Waals surface area contributed by atoms with Gasteiger partial charge in [-0.1, -0.05) is 24.4 Å². The van der Waals surface area contributed by atoms with Crippen LogP contribution in [0.4, 0.5) is 0 Å². The standard InChI is InChI=1S/C12H15N3S/c1-8(2)15-10-6-4-3-5-9(10)14-12(15)7-11(13)16/h3-6,8H,7H2,1-2H3,(H2,13,16). The highest BCUT2D eigenvalue weighted by Gasteiger charge is 2.12. The molecule has 0 amide bonds. The molecular weight excluding hydrogens is 218 g/mol. The summed E-state index contributed by atoms with van der Waals surface area (Å²) in [5.41, 5.74) is 7.74. The van der Waals surface area contributed by atoms with Gasteiger partial charge in [-0.15, -0.1) is 0 Å². The van der Waals surface area contributed by atoms with Crippen LogP contribution in [-0.2, 0) is 6.42 Å². The van der Waals surface area contributed by atoms with Crippen molar-refractivity contribution in [3.63, 3.8) is 0 Å². The molecule has 0 fully saturated rings. The van der Waals surface area contributed by atoms with Gasteiger partial charge in [0.25, 0.3) is 0 Å². The van der Waals surface area contributed by atoms with Crippen LogP contribution in [0.3, 0.4) is 0 Å². The van der Waals surface area contributed by atoms with Crippen LogP contribution in [0.15, 0.2) is 24.3 Å². The fourth-order valence-corrected chi connectivity index (χ4v) is 2.08. The molecular formula is C12H15N3S. The largest absolute Gasteiger partial charge is 0.393 e. The second kappa shape index (κ2) is 4.22. The lowest BCUT2D eigenvalue weighted by Gasteiger charge is -2.12. The smallest absolute Gasteiger partial charge is 0.116 e. The minimum atomic E-state index is 0.358. The molecule has 1 aromatic heterocycles. The number of benzene rings is 1. The van der Waals surface area contributed by atoms with Crippen molar-refractivity contribution in [2.45, 2.75) is 26.3 Å². The monoisotopic (exact) mass is 233 g/mol. The van der Waals surface area contributed by atoms with E-state index < -0.39 is 0 Å². The lowest BCUT2D eigenvalue weighted by atomic mass is 10.3. The Bertz CT molecular complexity index is 528. The van der Waals surface area contributed by atoms with Crippen LogP contribution < -0.4 is 5.73 Å². The Balaban J connectivity index is 2.63. The van der Waals surface area contributed by atoms with Crippen LogP contribution in [0.5, 0.6) is 0 Å². The number of nitrogens with two attached hydrogens (primary N) is 1. The fraction of sp³-hybridized carbons (Fsp3) is 0.333. The maximum Gasteiger partial charge on any atom is 0.116 e. The number of imidazole rings is 1. The van der Waals surface area contributed by atoms with Crippen LogP contribution in [0.25, 0.3) is 11.0 Å². The Labute approximate surface area is 100 Å². The molecule has 2 N–H and O–H groups in total. The Morgan fingerprint density at radius 1 is 1.44 bits per heavy atom. The van der Waals surface area contributed by atoms with E-state index in [9.17, 15) is 0 Å². The summed E-state index contributed by atoms with van der Waals surface area (Å²) < 4.78 is 2.19. The predicted octanol–water partition coefficient (Wildman–Crippen LogP) is 2.45. The number of thiocarbonyl (C=S) groups is 1. The highest BCUT2D eigenvalue weighted by Crippen LogP contribution is 2.21. The maximum atomic E-state index is 5.59. The lowest BCUT2D eigenvalue weighted by Crippen LogP contribution is -2.16. The molecule has 0 saturated carbocycles. The first kappa shape index (κ1) is 11.1. The normalized spacial score (nSPS) is 11.2. The van der Waals surface area contributed by atoms with Crippen LogP contribution >= 0.6 is 12.2 Å². The van der Waals surface area contributed by atoms with Gasteiger partial charge in [-0.25, -0.2) is 4.98 Å². The number of para-hydroxylation sites is 2. The Morgan fingerprint density at radius 2 is 2.12 bits per heavy atom. The Hall–Kier alpha value is -1.42. The van der Waals surface area contributed by atoms with Gasteiger partial charge in [-0.2, -0.15) is 0 Å². The molecule has 2 aromatic rings. The van der Waals surface area contributed by atoms with Crippen molar-refractivity contribution < 1.29 is 0 Å². The van der Waals surface area contributed by atoms with Gasteiger partial charge < -0.3 is 10.3 Å². The zero-order chi connectivity index (χ0) is 11.7. The number of hydrogen-bond acceptors (Lipinski definition) is 2. The summed E-state index contributed by atoms with van der Waals surface area (Å²) in [6.45, 7) is 4.27. The Kier molecular flexibility index (Phi) is 2.92. The van der Waals surface area contributed by atoms with Crippen molar-refractivity contribution in [2.24, 2.45) is 5.73 Å². The zero-order valence-electron chi connectivity index (χ0n) is 9.47. The average molecular weight is 233 g/mol. The van der Waals surface area contributed by atoms with E-state index in [0.29, 0.717) is 17.5 Å². The van der Waals surface area contributed by atoms with Crippen molar-refractivity contribution in [3.05, 3.63) is 30.1 Å². The number of rotatable bonds is 3. The van der Waals surface area contributed by atoms with E-state index in [1.807, 2.05) is 18.2 Å². The molecule has 16 heavy (non-hydrogen) atoms. The zero-order valence-corrected chi connectivity index (χ0v) is 10.3. The van der Waals surface area contributed by atoms with Crippen LogP contribution in [0.2, 0.25) is 0 Å². The molecule has 4 heteroatoms. The number of aromatic nitrogens is 2. The molecule has 1 heterocycles. The molecule has 1 aromatic carbocycles. The van der Waals surface area contributed by atoms with E-state index in [-0.39, 0.29) is 0 Å². The van der Waals surface area contributed by atoms with E-state index in [4.69, 9.17) is 18.0 Å². The van der Waals surface area contributed by atoms with E-state index in [1.54, 1.807) is 0 Å². The molecule has 0 atom stereocenters. The molecule has 0 aliphatic rings. The third-order valence-corrected chi connectivity index (χ3v) is 2.66. The van der Waals surface area contributed by atoms with Crippen molar-refractivity contribution in [1.29, 1.82) is 0 Å². The molecule has 2 rings (SSSR count). The van der Waals surface area contributed by atoms with Crippen molar-refractivity contribution in [3.8, 4) is 0 Å². The fourth-order valence-electron chi connectivity index (χ4n) is 1.95. The minimum absolute atomic E-state index is 0.358. The summed E-state index contributed by atoms with van der Waals surface area (Å²) in [4.78, 5) is 5.05. The first-order valence-corrected chi connectivity index (χ1v) is 5.74. The minimum Gasteiger partial charge on any atom is -0.393 e. The molecule has 0 spiro atoms. The number of nitrogens with zero attached hydrogens (tertiary/aromatic N) is 2. The number of fused-ring (bicyclic) bond motifs is 1. The summed E-state index contributed by atoms with van der Waals surface area (Å²) >= 11 is 4.95. The predicted molar refractivity (Wildman–Crippen MR) is 70.6 cm³/mol. The van der Waals surface area contributed by atoms with Gasteiger partial charge in [0, 0.05) is 6.04 Å².